The van der Waals surface area contributed by atoms with Gasteiger partial charge in [0.05, 0.1) is 16.1 Å². The van der Waals surface area contributed by atoms with E-state index in [1.807, 2.05) is 0 Å². The first kappa shape index (κ1) is 14.8. The number of rotatable bonds is 6. The molecule has 1 rings (SSSR count). The van der Waals surface area contributed by atoms with Gasteiger partial charge in [-0.05, 0) is 31.0 Å². The van der Waals surface area contributed by atoms with Crippen molar-refractivity contribution in [2.24, 2.45) is 0 Å². The lowest BCUT2D eigenvalue weighted by Gasteiger charge is -2.17. The van der Waals surface area contributed by atoms with Gasteiger partial charge in [-0.3, -0.25) is 0 Å². The Bertz CT molecular complexity index is 357. The lowest BCUT2D eigenvalue weighted by Crippen LogP contribution is -2.30. The van der Waals surface area contributed by atoms with Crippen LogP contribution in [0.3, 0.4) is 0 Å². The maximum absolute atomic E-state index is 9.99. The number of nitrogens with one attached hydrogen (secondary N) is 1. The van der Waals surface area contributed by atoms with E-state index in [2.05, 4.69) is 19.2 Å². The molecule has 0 spiro atoms. The van der Waals surface area contributed by atoms with Gasteiger partial charge in [0.25, 0.3) is 0 Å². The highest BCUT2D eigenvalue weighted by molar-refractivity contribution is 6.42. The maximum atomic E-state index is 9.99. The third-order valence-corrected chi connectivity index (χ3v) is 3.45. The third kappa shape index (κ3) is 4.84. The number of halogens is 2. The first-order chi connectivity index (χ1) is 8.04. The average Bonchev–Trinajstić information content (AvgIpc) is 2.30. The van der Waals surface area contributed by atoms with Crippen molar-refractivity contribution >= 4 is 23.2 Å². The van der Waals surface area contributed by atoms with E-state index in [1.165, 1.54) is 0 Å². The highest BCUT2D eigenvalue weighted by atomic mass is 35.5. The molecule has 0 radical (unpaired) electrons. The highest BCUT2D eigenvalue weighted by Gasteiger charge is 2.10. The molecule has 0 aliphatic rings. The van der Waals surface area contributed by atoms with Crippen molar-refractivity contribution in [3.05, 3.63) is 33.8 Å². The van der Waals surface area contributed by atoms with Gasteiger partial charge in [0.2, 0.25) is 0 Å². The Balaban J connectivity index is 2.52. The summed E-state index contributed by atoms with van der Waals surface area (Å²) in [5, 5.41) is 14.3. The Kier molecular flexibility index (Phi) is 6.28. The summed E-state index contributed by atoms with van der Waals surface area (Å²) in [5.41, 5.74) is 0.788. The third-order valence-electron chi connectivity index (χ3n) is 2.71. The number of hydrogen-bond acceptors (Lipinski definition) is 2. The van der Waals surface area contributed by atoms with Gasteiger partial charge >= 0.3 is 0 Å². The van der Waals surface area contributed by atoms with Crippen LogP contribution in [0.25, 0.3) is 0 Å². The van der Waals surface area contributed by atoms with Crippen LogP contribution in [0.1, 0.15) is 38.4 Å². The molecule has 96 valence electrons. The topological polar surface area (TPSA) is 32.3 Å². The molecule has 0 amide bonds. The number of aliphatic hydroxyl groups excluding tert-OH is 1. The fraction of sp³-hybridized carbons (Fsp3) is 0.538. The summed E-state index contributed by atoms with van der Waals surface area (Å²) in [6.45, 7) is 4.79. The van der Waals surface area contributed by atoms with Gasteiger partial charge in [0, 0.05) is 12.6 Å². The lowest BCUT2D eigenvalue weighted by molar-refractivity contribution is 0.170. The first-order valence-corrected chi connectivity index (χ1v) is 6.66. The number of benzene rings is 1. The Morgan fingerprint density at radius 1 is 1.29 bits per heavy atom. The zero-order valence-electron chi connectivity index (χ0n) is 10.2. The summed E-state index contributed by atoms with van der Waals surface area (Å²) in [6.07, 6.45) is 1.69. The molecule has 0 heterocycles. The largest absolute Gasteiger partial charge is 0.387 e. The van der Waals surface area contributed by atoms with Crippen LogP contribution in [-0.2, 0) is 0 Å². The maximum Gasteiger partial charge on any atom is 0.0915 e. The van der Waals surface area contributed by atoms with Crippen molar-refractivity contribution in [2.45, 2.75) is 38.8 Å². The van der Waals surface area contributed by atoms with E-state index in [1.54, 1.807) is 18.2 Å². The molecule has 0 aromatic heterocycles. The van der Waals surface area contributed by atoms with Crippen LogP contribution in [0.2, 0.25) is 10.0 Å². The molecular weight excluding hydrogens is 257 g/mol. The van der Waals surface area contributed by atoms with Gasteiger partial charge < -0.3 is 10.4 Å². The lowest BCUT2D eigenvalue weighted by atomic mass is 10.1. The summed E-state index contributed by atoms with van der Waals surface area (Å²) < 4.78 is 0. The molecule has 0 unspecified atom stereocenters. The van der Waals surface area contributed by atoms with E-state index in [-0.39, 0.29) is 0 Å². The Morgan fingerprint density at radius 2 is 2.00 bits per heavy atom. The number of aliphatic hydroxyl groups is 1. The minimum atomic E-state index is -0.552. The van der Waals surface area contributed by atoms with E-state index in [0.717, 1.165) is 18.4 Å². The van der Waals surface area contributed by atoms with Crippen LogP contribution >= 0.6 is 23.2 Å². The molecular formula is C13H19Cl2NO. The van der Waals surface area contributed by atoms with Crippen molar-refractivity contribution in [1.29, 1.82) is 0 Å². The summed E-state index contributed by atoms with van der Waals surface area (Å²) in [7, 11) is 0. The number of hydrogen-bond donors (Lipinski definition) is 2. The minimum Gasteiger partial charge on any atom is -0.387 e. The Hall–Kier alpha value is -0.280. The SMILES string of the molecule is CCC[C@@H](C)NC[C@@H](O)c1ccc(Cl)c(Cl)c1. The highest BCUT2D eigenvalue weighted by Crippen LogP contribution is 2.25. The van der Waals surface area contributed by atoms with Gasteiger partial charge in [-0.1, -0.05) is 42.6 Å². The molecule has 0 saturated heterocycles. The normalized spacial score (nSPS) is 14.6. The first-order valence-electron chi connectivity index (χ1n) is 5.91. The average molecular weight is 276 g/mol. The van der Waals surface area contributed by atoms with Crippen LogP contribution in [0.15, 0.2) is 18.2 Å². The fourth-order valence-electron chi connectivity index (χ4n) is 1.69. The molecule has 0 aliphatic heterocycles. The van der Waals surface area contributed by atoms with E-state index in [0.29, 0.717) is 22.6 Å². The van der Waals surface area contributed by atoms with Gasteiger partial charge in [-0.2, -0.15) is 0 Å². The monoisotopic (exact) mass is 275 g/mol. The Morgan fingerprint density at radius 3 is 2.59 bits per heavy atom. The summed E-state index contributed by atoms with van der Waals surface area (Å²) in [4.78, 5) is 0. The molecule has 2 N–H and O–H groups in total. The van der Waals surface area contributed by atoms with E-state index in [4.69, 9.17) is 23.2 Å². The van der Waals surface area contributed by atoms with Gasteiger partial charge in [0.15, 0.2) is 0 Å². The molecule has 1 aromatic carbocycles. The van der Waals surface area contributed by atoms with Gasteiger partial charge in [-0.15, -0.1) is 0 Å². The smallest absolute Gasteiger partial charge is 0.0915 e. The molecule has 17 heavy (non-hydrogen) atoms. The van der Waals surface area contributed by atoms with E-state index >= 15 is 0 Å². The molecule has 0 saturated carbocycles. The second-order valence-electron chi connectivity index (χ2n) is 4.29. The predicted molar refractivity (Wildman–Crippen MR) is 73.8 cm³/mol. The molecule has 2 nitrogen and oxygen atoms in total. The van der Waals surface area contributed by atoms with Gasteiger partial charge in [-0.25, -0.2) is 0 Å². The van der Waals surface area contributed by atoms with Crippen molar-refractivity contribution in [3.8, 4) is 0 Å². The quantitative estimate of drug-likeness (QED) is 0.828. The summed E-state index contributed by atoms with van der Waals surface area (Å²) >= 11 is 11.7. The van der Waals surface area contributed by atoms with Crippen molar-refractivity contribution < 1.29 is 5.11 Å². The second kappa shape index (κ2) is 7.22. The molecule has 0 aliphatic carbocycles. The summed E-state index contributed by atoms with van der Waals surface area (Å²) in [6, 6.07) is 5.63. The summed E-state index contributed by atoms with van der Waals surface area (Å²) in [5.74, 6) is 0. The van der Waals surface area contributed by atoms with Crippen molar-refractivity contribution in [3.63, 3.8) is 0 Å². The zero-order chi connectivity index (χ0) is 12.8. The molecule has 1 aromatic rings. The predicted octanol–water partition coefficient (Wildman–Crippen LogP) is 3.81. The van der Waals surface area contributed by atoms with Crippen molar-refractivity contribution in [2.75, 3.05) is 6.54 Å². The van der Waals surface area contributed by atoms with Crippen LogP contribution in [-0.4, -0.2) is 17.7 Å². The minimum absolute atomic E-state index is 0.414. The molecule has 0 fully saturated rings. The molecule has 0 bridgehead atoms. The second-order valence-corrected chi connectivity index (χ2v) is 5.10. The van der Waals surface area contributed by atoms with Crippen LogP contribution in [0.5, 0.6) is 0 Å². The van der Waals surface area contributed by atoms with E-state index in [9.17, 15) is 5.11 Å². The van der Waals surface area contributed by atoms with E-state index < -0.39 is 6.10 Å². The molecule has 2 atom stereocenters. The standard InChI is InChI=1S/C13H19Cl2NO/c1-3-4-9(2)16-8-13(17)10-5-6-11(14)12(15)7-10/h5-7,9,13,16-17H,3-4,8H2,1-2H3/t9-,13-/m1/s1. The van der Waals surface area contributed by atoms with Crippen LogP contribution in [0.4, 0.5) is 0 Å². The Labute approximate surface area is 113 Å². The van der Waals surface area contributed by atoms with Crippen molar-refractivity contribution in [1.82, 2.24) is 5.32 Å². The molecule has 4 heteroatoms. The van der Waals surface area contributed by atoms with Gasteiger partial charge in [0.1, 0.15) is 0 Å². The van der Waals surface area contributed by atoms with Crippen LogP contribution < -0.4 is 5.32 Å². The fourth-order valence-corrected chi connectivity index (χ4v) is 1.99. The zero-order valence-corrected chi connectivity index (χ0v) is 11.7. The van der Waals surface area contributed by atoms with Crippen LogP contribution in [0, 0.1) is 0 Å².